The Hall–Kier alpha value is -0.610. The summed E-state index contributed by atoms with van der Waals surface area (Å²) in [6.07, 6.45) is 5.05. The van der Waals surface area contributed by atoms with E-state index in [2.05, 4.69) is 52.1 Å². The maximum absolute atomic E-state index is 4.72. The Kier molecular flexibility index (Phi) is 5.64. The first-order chi connectivity index (χ1) is 9.20. The summed E-state index contributed by atoms with van der Waals surface area (Å²) in [6, 6.07) is 4.86. The number of halogens is 1. The topological polar surface area (TPSA) is 28.2 Å². The molecule has 2 rings (SSSR count). The van der Waals surface area contributed by atoms with Crippen LogP contribution in [0, 0.1) is 6.92 Å². The van der Waals surface area contributed by atoms with Gasteiger partial charge in [0.1, 0.15) is 5.82 Å². The average molecular weight is 326 g/mol. The summed E-state index contributed by atoms with van der Waals surface area (Å²) in [5.41, 5.74) is 1.07. The normalized spacial score (nSPS) is 18.8. The number of nitrogens with zero attached hydrogens (tertiary/aromatic N) is 2. The van der Waals surface area contributed by atoms with E-state index in [9.17, 15) is 0 Å². The Bertz CT molecular complexity index is 402. The smallest absolute Gasteiger partial charge is 0.128 e. The van der Waals surface area contributed by atoms with Crippen LogP contribution in [0.4, 0.5) is 5.82 Å². The molecule has 1 aromatic rings. The number of unbranched alkanes of at least 4 members (excludes halogenated alkanes) is 1. The van der Waals surface area contributed by atoms with Crippen LogP contribution in [-0.4, -0.2) is 30.7 Å². The van der Waals surface area contributed by atoms with Crippen molar-refractivity contribution in [2.45, 2.75) is 45.6 Å². The molecule has 0 spiro atoms. The molecule has 0 aromatic carbocycles. The summed E-state index contributed by atoms with van der Waals surface area (Å²) in [5.74, 6) is 1.11. The molecule has 1 aliphatic heterocycles. The second-order valence-corrected chi connectivity index (χ2v) is 6.18. The average Bonchev–Trinajstić information content (AvgIpc) is 2.91. The van der Waals surface area contributed by atoms with Crippen molar-refractivity contribution in [1.29, 1.82) is 0 Å². The van der Waals surface area contributed by atoms with Crippen molar-refractivity contribution in [3.63, 3.8) is 0 Å². The minimum absolute atomic E-state index is 0.627. The van der Waals surface area contributed by atoms with Gasteiger partial charge in [-0.3, -0.25) is 0 Å². The number of aryl methyl sites for hydroxylation is 1. The molecule has 1 N–H and O–H groups in total. The summed E-state index contributed by atoms with van der Waals surface area (Å²) in [4.78, 5) is 7.16. The van der Waals surface area contributed by atoms with Crippen molar-refractivity contribution in [3.05, 3.63) is 22.3 Å². The van der Waals surface area contributed by atoms with E-state index in [0.717, 1.165) is 29.1 Å². The van der Waals surface area contributed by atoms with Gasteiger partial charge in [-0.25, -0.2) is 4.98 Å². The van der Waals surface area contributed by atoms with Crippen molar-refractivity contribution in [3.8, 4) is 0 Å². The fraction of sp³-hybridized carbons (Fsp3) is 0.667. The standard InChI is InChI=1S/C15H24BrN3/c1-3-4-10-19(11-13-6-5-9-17-13)15-8-7-14(16)12(2)18-15/h7-8,13,17H,3-6,9-11H2,1-2H3. The first-order valence-corrected chi connectivity index (χ1v) is 8.11. The SMILES string of the molecule is CCCCN(CC1CCCN1)c1ccc(Br)c(C)n1. The molecule has 0 aliphatic carbocycles. The van der Waals surface area contributed by atoms with Gasteiger partial charge < -0.3 is 10.2 Å². The van der Waals surface area contributed by atoms with Crippen molar-refractivity contribution in [2.24, 2.45) is 0 Å². The number of hydrogen-bond donors (Lipinski definition) is 1. The molecule has 106 valence electrons. The molecule has 1 aliphatic rings. The number of aromatic nitrogens is 1. The third kappa shape index (κ3) is 4.18. The van der Waals surface area contributed by atoms with Gasteiger partial charge in [0, 0.05) is 23.6 Å². The zero-order valence-electron chi connectivity index (χ0n) is 12.0. The first-order valence-electron chi connectivity index (χ1n) is 7.32. The van der Waals surface area contributed by atoms with Gasteiger partial charge in [-0.2, -0.15) is 0 Å². The van der Waals surface area contributed by atoms with Gasteiger partial charge in [0.2, 0.25) is 0 Å². The van der Waals surface area contributed by atoms with Gasteiger partial charge in [-0.05, 0) is 60.8 Å². The number of rotatable bonds is 6. The molecule has 3 nitrogen and oxygen atoms in total. The van der Waals surface area contributed by atoms with Gasteiger partial charge >= 0.3 is 0 Å². The fourth-order valence-corrected chi connectivity index (χ4v) is 2.75. The predicted octanol–water partition coefficient (Wildman–Crippen LogP) is 3.51. The molecule has 0 bridgehead atoms. The van der Waals surface area contributed by atoms with Crippen molar-refractivity contribution in [1.82, 2.24) is 10.3 Å². The second-order valence-electron chi connectivity index (χ2n) is 5.33. The van der Waals surface area contributed by atoms with Crippen LogP contribution in [0.15, 0.2) is 16.6 Å². The summed E-state index contributed by atoms with van der Waals surface area (Å²) in [7, 11) is 0. The monoisotopic (exact) mass is 325 g/mol. The highest BCUT2D eigenvalue weighted by atomic mass is 79.9. The number of nitrogens with one attached hydrogen (secondary N) is 1. The quantitative estimate of drug-likeness (QED) is 0.867. The third-order valence-corrected chi connectivity index (χ3v) is 4.55. The molecule has 1 saturated heterocycles. The Labute approximate surface area is 124 Å². The van der Waals surface area contributed by atoms with E-state index in [1.807, 2.05) is 0 Å². The molecule has 0 saturated carbocycles. The minimum atomic E-state index is 0.627. The van der Waals surface area contributed by atoms with Gasteiger partial charge in [-0.15, -0.1) is 0 Å². The van der Waals surface area contributed by atoms with Crippen LogP contribution in [0.1, 0.15) is 38.3 Å². The van der Waals surface area contributed by atoms with E-state index in [1.165, 1.54) is 32.2 Å². The van der Waals surface area contributed by atoms with E-state index in [4.69, 9.17) is 4.98 Å². The lowest BCUT2D eigenvalue weighted by atomic mass is 10.2. The van der Waals surface area contributed by atoms with E-state index in [-0.39, 0.29) is 0 Å². The summed E-state index contributed by atoms with van der Waals surface area (Å²) in [5, 5.41) is 3.58. The van der Waals surface area contributed by atoms with Crippen LogP contribution in [0.2, 0.25) is 0 Å². The van der Waals surface area contributed by atoms with Crippen LogP contribution in [0.5, 0.6) is 0 Å². The predicted molar refractivity (Wildman–Crippen MR) is 84.8 cm³/mol. The second kappa shape index (κ2) is 7.25. The van der Waals surface area contributed by atoms with Gasteiger partial charge in [0.15, 0.2) is 0 Å². The Morgan fingerprint density at radius 2 is 2.32 bits per heavy atom. The molecule has 1 aromatic heterocycles. The first kappa shape index (κ1) is 14.8. The van der Waals surface area contributed by atoms with Gasteiger partial charge in [0.25, 0.3) is 0 Å². The Balaban J connectivity index is 2.08. The Morgan fingerprint density at radius 1 is 1.47 bits per heavy atom. The van der Waals surface area contributed by atoms with E-state index < -0.39 is 0 Å². The molecular formula is C15H24BrN3. The van der Waals surface area contributed by atoms with E-state index >= 15 is 0 Å². The van der Waals surface area contributed by atoms with Gasteiger partial charge in [-0.1, -0.05) is 13.3 Å². The maximum atomic E-state index is 4.72. The minimum Gasteiger partial charge on any atom is -0.355 e. The molecular weight excluding hydrogens is 302 g/mol. The highest BCUT2D eigenvalue weighted by Gasteiger charge is 2.18. The molecule has 4 heteroatoms. The number of anilines is 1. The lowest BCUT2D eigenvalue weighted by Crippen LogP contribution is -2.38. The zero-order chi connectivity index (χ0) is 13.7. The largest absolute Gasteiger partial charge is 0.355 e. The van der Waals surface area contributed by atoms with Crippen molar-refractivity contribution >= 4 is 21.7 Å². The zero-order valence-corrected chi connectivity index (χ0v) is 13.5. The van der Waals surface area contributed by atoms with E-state index in [1.54, 1.807) is 0 Å². The summed E-state index contributed by atoms with van der Waals surface area (Å²) >= 11 is 3.53. The van der Waals surface area contributed by atoms with Crippen LogP contribution >= 0.6 is 15.9 Å². The third-order valence-electron chi connectivity index (χ3n) is 3.72. The van der Waals surface area contributed by atoms with Crippen LogP contribution in [-0.2, 0) is 0 Å². The molecule has 1 unspecified atom stereocenters. The molecule has 1 atom stereocenters. The van der Waals surface area contributed by atoms with Crippen LogP contribution in [0.3, 0.4) is 0 Å². The highest BCUT2D eigenvalue weighted by molar-refractivity contribution is 9.10. The van der Waals surface area contributed by atoms with E-state index in [0.29, 0.717) is 6.04 Å². The van der Waals surface area contributed by atoms with Crippen LogP contribution in [0.25, 0.3) is 0 Å². The molecule has 2 heterocycles. The molecule has 19 heavy (non-hydrogen) atoms. The molecule has 0 amide bonds. The van der Waals surface area contributed by atoms with Gasteiger partial charge in [0.05, 0.1) is 5.69 Å². The highest BCUT2D eigenvalue weighted by Crippen LogP contribution is 2.20. The summed E-state index contributed by atoms with van der Waals surface area (Å²) in [6.45, 7) is 7.64. The lowest BCUT2D eigenvalue weighted by molar-refractivity contribution is 0.569. The Morgan fingerprint density at radius 3 is 2.95 bits per heavy atom. The lowest BCUT2D eigenvalue weighted by Gasteiger charge is -2.27. The maximum Gasteiger partial charge on any atom is 0.128 e. The number of pyridine rings is 1. The number of hydrogen-bond acceptors (Lipinski definition) is 3. The molecule has 0 radical (unpaired) electrons. The summed E-state index contributed by atoms with van der Waals surface area (Å²) < 4.78 is 1.09. The van der Waals surface area contributed by atoms with Crippen molar-refractivity contribution in [2.75, 3.05) is 24.5 Å². The fourth-order valence-electron chi connectivity index (χ4n) is 2.53. The van der Waals surface area contributed by atoms with Crippen LogP contribution < -0.4 is 10.2 Å². The van der Waals surface area contributed by atoms with Crippen molar-refractivity contribution < 1.29 is 0 Å². The molecule has 1 fully saturated rings.